The van der Waals surface area contributed by atoms with Crippen LogP contribution in [0.25, 0.3) is 11.2 Å². The Labute approximate surface area is 243 Å². The number of phosphoric ester groups is 2. The third-order valence-electron chi connectivity index (χ3n) is 6.35. The number of amides is 1. The smallest absolute Gasteiger partial charge is 0.387 e. The summed E-state index contributed by atoms with van der Waals surface area (Å²) in [5.74, 6) is -0.829. The van der Waals surface area contributed by atoms with E-state index in [0.29, 0.717) is 0 Å². The van der Waals surface area contributed by atoms with Gasteiger partial charge in [-0.2, -0.15) is 4.31 Å². The summed E-state index contributed by atoms with van der Waals surface area (Å²) in [6.07, 6.45) is -10.7. The number of nitrogens with two attached hydrogens (primary N) is 2. The first-order chi connectivity index (χ1) is 20.2. The van der Waals surface area contributed by atoms with E-state index in [2.05, 4.69) is 33.3 Å². The normalized spacial score (nSPS) is 32.1. The molecule has 5 heterocycles. The number of carbonyl (C=O) groups is 1. The zero-order chi connectivity index (χ0) is 31.3. The fourth-order valence-corrected chi connectivity index (χ4v) is 7.23. The van der Waals surface area contributed by atoms with Crippen molar-refractivity contribution in [1.82, 2.24) is 24.5 Å². The first-order valence-corrected chi connectivity index (χ1v) is 15.9. The molecule has 2 aliphatic heterocycles. The molecule has 1 amide bonds. The molecule has 0 aliphatic carbocycles. The van der Waals surface area contributed by atoms with Crippen molar-refractivity contribution in [1.29, 1.82) is 0 Å². The fourth-order valence-electron chi connectivity index (χ4n) is 4.26. The number of nitrogen functional groups attached to an aromatic ring is 1. The van der Waals surface area contributed by atoms with Gasteiger partial charge in [-0.1, -0.05) is 0 Å². The number of halogens is 1. The lowest BCUT2D eigenvalue weighted by molar-refractivity contribution is -0.0457. The predicted octanol–water partition coefficient (Wildman–Crippen LogP) is -1.33. The number of fused-ring (bicyclic) bond motifs is 1. The quantitative estimate of drug-likeness (QED) is 0.116. The van der Waals surface area contributed by atoms with E-state index in [1.807, 2.05) is 0 Å². The molecule has 2 fully saturated rings. The van der Waals surface area contributed by atoms with Gasteiger partial charge in [-0.3, -0.25) is 18.4 Å². The van der Waals surface area contributed by atoms with Crippen molar-refractivity contribution in [2.24, 2.45) is 5.73 Å². The van der Waals surface area contributed by atoms with E-state index in [0.717, 1.165) is 28.6 Å². The van der Waals surface area contributed by atoms with Crippen LogP contribution in [-0.4, -0.2) is 105 Å². The number of imidazole rings is 1. The SMILES string of the molecule is NC(=O)c1csc([C@@H]2O[C@H](COP(=O)(O)OP(=O)(O)OC[C@@H]3O[C@H](n4cnc5c(N)ncnc54)[C@H](F)[C@H]3O)[C@@H](O)[C@H]2O)n1. The van der Waals surface area contributed by atoms with E-state index in [-0.39, 0.29) is 27.7 Å². The lowest BCUT2D eigenvalue weighted by Gasteiger charge is -2.20. The van der Waals surface area contributed by atoms with Crippen LogP contribution in [0.2, 0.25) is 0 Å². The second-order valence-electron chi connectivity index (χ2n) is 9.20. The van der Waals surface area contributed by atoms with Gasteiger partial charge in [-0.25, -0.2) is 33.5 Å². The number of hydrogen-bond donors (Lipinski definition) is 7. The van der Waals surface area contributed by atoms with Crippen LogP contribution in [0, 0.1) is 0 Å². The van der Waals surface area contributed by atoms with E-state index in [1.165, 1.54) is 5.38 Å². The number of nitrogens with zero attached hydrogens (tertiary/aromatic N) is 5. The molecule has 0 aromatic carbocycles. The van der Waals surface area contributed by atoms with Crippen LogP contribution in [-0.2, 0) is 32.0 Å². The topological polar surface area (TPSA) is 307 Å². The minimum absolute atomic E-state index is 0.00918. The van der Waals surface area contributed by atoms with Crippen molar-refractivity contribution < 1.29 is 66.3 Å². The molecule has 0 saturated carbocycles. The van der Waals surface area contributed by atoms with Gasteiger partial charge in [0.25, 0.3) is 5.91 Å². The van der Waals surface area contributed by atoms with Crippen molar-refractivity contribution in [2.75, 3.05) is 18.9 Å². The van der Waals surface area contributed by atoms with E-state index in [1.54, 1.807) is 0 Å². The molecule has 0 radical (unpaired) electrons. The molecule has 5 rings (SSSR count). The summed E-state index contributed by atoms with van der Waals surface area (Å²) in [7, 11) is -10.8. The Morgan fingerprint density at radius 1 is 1.05 bits per heavy atom. The summed E-state index contributed by atoms with van der Waals surface area (Å²) in [6, 6.07) is 0. The van der Waals surface area contributed by atoms with Crippen molar-refractivity contribution >= 4 is 49.9 Å². The molecule has 0 spiro atoms. The average Bonchev–Trinajstić information content (AvgIpc) is 3.70. The molecule has 236 valence electrons. The van der Waals surface area contributed by atoms with Crippen molar-refractivity contribution in [3.63, 3.8) is 0 Å². The molecular weight excluding hydrogens is 647 g/mol. The molecule has 0 bridgehead atoms. The van der Waals surface area contributed by atoms with Gasteiger partial charge in [0.1, 0.15) is 59.2 Å². The first-order valence-electron chi connectivity index (χ1n) is 12.0. The van der Waals surface area contributed by atoms with Crippen LogP contribution < -0.4 is 11.5 Å². The van der Waals surface area contributed by atoms with Gasteiger partial charge >= 0.3 is 15.6 Å². The maximum Gasteiger partial charge on any atom is 0.481 e. The van der Waals surface area contributed by atoms with E-state index in [4.69, 9.17) is 20.9 Å². The molecule has 2 aliphatic rings. The zero-order valence-corrected chi connectivity index (χ0v) is 23.9. The molecule has 43 heavy (non-hydrogen) atoms. The number of aliphatic hydroxyl groups is 3. The fraction of sp³-hybridized carbons (Fsp3) is 0.526. The van der Waals surface area contributed by atoms with Gasteiger partial charge in [-0.15, -0.1) is 11.3 Å². The molecule has 3 aromatic heterocycles. The Morgan fingerprint density at radius 2 is 1.70 bits per heavy atom. The van der Waals surface area contributed by atoms with E-state index in [9.17, 15) is 43.4 Å². The van der Waals surface area contributed by atoms with Crippen LogP contribution in [0.3, 0.4) is 0 Å². The number of hydrogen-bond acceptors (Lipinski definition) is 17. The number of phosphoric acid groups is 2. The van der Waals surface area contributed by atoms with Gasteiger partial charge in [0.15, 0.2) is 23.9 Å². The molecule has 24 heteroatoms. The van der Waals surface area contributed by atoms with E-state index < -0.39 is 83.8 Å². The van der Waals surface area contributed by atoms with Crippen molar-refractivity contribution in [3.8, 4) is 0 Å². The lowest BCUT2D eigenvalue weighted by atomic mass is 10.1. The minimum atomic E-state index is -5.41. The Balaban J connectivity index is 1.15. The van der Waals surface area contributed by atoms with Crippen molar-refractivity contribution in [3.05, 3.63) is 28.7 Å². The summed E-state index contributed by atoms with van der Waals surface area (Å²) in [5, 5.41) is 32.2. The molecule has 10 atom stereocenters. The Hall–Kier alpha value is -2.56. The number of thiazole rings is 1. The highest BCUT2D eigenvalue weighted by molar-refractivity contribution is 7.61. The van der Waals surface area contributed by atoms with Gasteiger partial charge in [0.2, 0.25) is 0 Å². The second kappa shape index (κ2) is 12.1. The lowest BCUT2D eigenvalue weighted by Crippen LogP contribution is -2.33. The zero-order valence-electron chi connectivity index (χ0n) is 21.3. The first kappa shape index (κ1) is 31.9. The summed E-state index contributed by atoms with van der Waals surface area (Å²) in [4.78, 5) is 46.7. The third kappa shape index (κ3) is 6.61. The minimum Gasteiger partial charge on any atom is -0.387 e. The molecule has 2 saturated heterocycles. The maximum absolute atomic E-state index is 14.9. The molecule has 20 nitrogen and oxygen atoms in total. The average molecular weight is 671 g/mol. The van der Waals surface area contributed by atoms with Gasteiger partial charge in [0, 0.05) is 5.38 Å². The number of ether oxygens (including phenoxy) is 2. The Morgan fingerprint density at radius 3 is 2.33 bits per heavy atom. The number of rotatable bonds is 11. The number of aromatic nitrogens is 5. The maximum atomic E-state index is 14.9. The summed E-state index contributed by atoms with van der Waals surface area (Å²) < 4.78 is 65.1. The van der Waals surface area contributed by atoms with Gasteiger partial charge in [-0.05, 0) is 0 Å². The van der Waals surface area contributed by atoms with E-state index >= 15 is 0 Å². The summed E-state index contributed by atoms with van der Waals surface area (Å²) in [5.41, 5.74) is 11.0. The van der Waals surface area contributed by atoms with Crippen LogP contribution in [0.5, 0.6) is 0 Å². The Kier molecular flexibility index (Phi) is 8.95. The Bertz CT molecular complexity index is 1600. The van der Waals surface area contributed by atoms with Gasteiger partial charge in [0.05, 0.1) is 19.5 Å². The van der Waals surface area contributed by atoms with Crippen LogP contribution >= 0.6 is 27.0 Å². The molecule has 9 N–H and O–H groups in total. The van der Waals surface area contributed by atoms with Crippen molar-refractivity contribution in [2.45, 2.75) is 49.0 Å². The monoisotopic (exact) mass is 671 g/mol. The number of primary amides is 1. The second-order valence-corrected chi connectivity index (χ2v) is 13.1. The van der Waals surface area contributed by atoms with Crippen LogP contribution in [0.15, 0.2) is 18.0 Å². The standard InChI is InChI=1S/C19H24FN7O13P2S/c20-9-11(28)7(39-19(9)27-5-25-10-15(21)23-4-24-17(10)27)1-36-41(32,33)40-42(34,35)37-2-8-12(29)13(30)14(38-8)18-26-6(3-43-18)16(22)31/h3-5,7-9,11-14,19,28-30H,1-2H2,(H2,22,31)(H,32,33)(H,34,35)(H2,21,23,24)/t7-,8+,9+,11-,12+,13+,14+,19-/m0/s1. The molecular formula is C19H24FN7O13P2S. The van der Waals surface area contributed by atoms with Crippen LogP contribution in [0.1, 0.15) is 27.8 Å². The highest BCUT2D eigenvalue weighted by Gasteiger charge is 2.49. The third-order valence-corrected chi connectivity index (χ3v) is 9.85. The number of anilines is 1. The van der Waals surface area contributed by atoms with Crippen LogP contribution in [0.4, 0.5) is 10.2 Å². The highest BCUT2D eigenvalue weighted by Crippen LogP contribution is 2.61. The highest BCUT2D eigenvalue weighted by atomic mass is 32.1. The largest absolute Gasteiger partial charge is 0.481 e. The number of aliphatic hydroxyl groups excluding tert-OH is 3. The number of carbonyl (C=O) groups excluding carboxylic acids is 1. The van der Waals surface area contributed by atoms with Gasteiger partial charge < -0.3 is 46.0 Å². The molecule has 3 aromatic rings. The molecule has 2 unspecified atom stereocenters. The summed E-state index contributed by atoms with van der Waals surface area (Å²) >= 11 is 0.900. The number of alkyl halides is 1. The predicted molar refractivity (Wildman–Crippen MR) is 137 cm³/mol. The summed E-state index contributed by atoms with van der Waals surface area (Å²) in [6.45, 7) is -1.89.